The Morgan fingerprint density at radius 3 is 2.31 bits per heavy atom. The van der Waals surface area contributed by atoms with Gasteiger partial charge in [-0.05, 0) is 78.1 Å². The molecule has 36 heavy (non-hydrogen) atoms. The van der Waals surface area contributed by atoms with Crippen LogP contribution >= 0.6 is 0 Å². The summed E-state index contributed by atoms with van der Waals surface area (Å²) in [5.74, 6) is -1.23. The van der Waals surface area contributed by atoms with Crippen LogP contribution in [0.1, 0.15) is 39.9 Å². The van der Waals surface area contributed by atoms with Crippen LogP contribution in [0.15, 0.2) is 60.7 Å². The number of amides is 1. The average Bonchev–Trinajstić information content (AvgIpc) is 3.16. The number of aromatic carboxylic acids is 1. The van der Waals surface area contributed by atoms with Crippen LogP contribution in [0, 0.1) is 19.7 Å². The second-order valence-electron chi connectivity index (χ2n) is 9.88. The smallest absolute Gasteiger partial charge is 0.415 e. The van der Waals surface area contributed by atoms with E-state index in [1.807, 2.05) is 6.07 Å². The van der Waals surface area contributed by atoms with Crippen molar-refractivity contribution in [3.8, 4) is 11.1 Å². The van der Waals surface area contributed by atoms with Crippen LogP contribution < -0.4 is 4.90 Å². The summed E-state index contributed by atoms with van der Waals surface area (Å²) in [5.41, 5.74) is 5.73. The number of carboxylic acid groups (broad SMARTS) is 1. The molecule has 5 rings (SSSR count). The van der Waals surface area contributed by atoms with Gasteiger partial charge in [-0.1, -0.05) is 24.3 Å². The molecule has 0 saturated carbocycles. The van der Waals surface area contributed by atoms with Crippen molar-refractivity contribution >= 4 is 17.7 Å². The number of halogens is 1. The van der Waals surface area contributed by atoms with E-state index in [2.05, 4.69) is 30.9 Å². The maximum Gasteiger partial charge on any atom is 0.415 e. The zero-order valence-corrected chi connectivity index (χ0v) is 20.5. The molecular formula is C29H29FN2O4. The van der Waals surface area contributed by atoms with E-state index < -0.39 is 11.6 Å². The Balaban J connectivity index is 1.23. The maximum absolute atomic E-state index is 13.8. The molecule has 186 valence electrons. The number of nitrogens with zero attached hydrogens (tertiary/aromatic N) is 2. The maximum atomic E-state index is 13.8. The Bertz CT molecular complexity index is 1290. The fraction of sp³-hybridized carbons (Fsp3) is 0.310. The first-order valence-corrected chi connectivity index (χ1v) is 12.2. The second kappa shape index (κ2) is 9.39. The highest BCUT2D eigenvalue weighted by Crippen LogP contribution is 2.36. The summed E-state index contributed by atoms with van der Waals surface area (Å²) in [6.45, 7) is 7.02. The van der Waals surface area contributed by atoms with Gasteiger partial charge < -0.3 is 9.84 Å². The zero-order valence-electron chi connectivity index (χ0n) is 20.5. The molecule has 2 aliphatic rings. The highest BCUT2D eigenvalue weighted by Gasteiger charge is 2.47. The summed E-state index contributed by atoms with van der Waals surface area (Å²) in [7, 11) is 0. The molecular weight excluding hydrogens is 459 g/mol. The molecule has 2 heterocycles. The highest BCUT2D eigenvalue weighted by atomic mass is 19.1. The van der Waals surface area contributed by atoms with Crippen molar-refractivity contribution in [2.75, 3.05) is 24.5 Å². The van der Waals surface area contributed by atoms with Gasteiger partial charge in [0.1, 0.15) is 11.4 Å². The second-order valence-corrected chi connectivity index (χ2v) is 9.88. The summed E-state index contributed by atoms with van der Waals surface area (Å²) in [6.07, 6.45) is 1.09. The van der Waals surface area contributed by atoms with Gasteiger partial charge in [0.05, 0.1) is 12.1 Å². The number of carbonyl (C=O) groups is 2. The Morgan fingerprint density at radius 1 is 1.03 bits per heavy atom. The molecule has 2 fully saturated rings. The molecule has 0 atom stereocenters. The van der Waals surface area contributed by atoms with E-state index in [0.717, 1.165) is 54.7 Å². The molecule has 0 aliphatic carbocycles. The molecule has 2 saturated heterocycles. The Morgan fingerprint density at radius 2 is 1.69 bits per heavy atom. The van der Waals surface area contributed by atoms with Crippen LogP contribution in [-0.4, -0.2) is 47.3 Å². The minimum absolute atomic E-state index is 0.184. The lowest BCUT2D eigenvalue weighted by molar-refractivity contribution is -0.000987. The van der Waals surface area contributed by atoms with Crippen LogP contribution in [0.3, 0.4) is 0 Å². The standard InChI is InChI=1S/C29H29FN2O4/c1-19-14-21(15-20(2)26(19)23-4-3-5-24(30)16-23)17-31-12-10-29(11-13-31)18-32(28(35)36-29)25-8-6-22(7-9-25)27(33)34/h3-9,14-16H,10-13,17-18H2,1-2H3,(H,33,34). The summed E-state index contributed by atoms with van der Waals surface area (Å²) in [5, 5.41) is 9.10. The quantitative estimate of drug-likeness (QED) is 0.492. The number of ether oxygens (including phenoxy) is 1. The number of benzene rings is 3. The molecule has 0 bridgehead atoms. The molecule has 1 N–H and O–H groups in total. The Kier molecular flexibility index (Phi) is 6.26. The number of anilines is 1. The fourth-order valence-electron chi connectivity index (χ4n) is 5.49. The predicted octanol–water partition coefficient (Wildman–Crippen LogP) is 5.80. The number of likely N-dealkylation sites (tertiary alicyclic amines) is 1. The average molecular weight is 489 g/mol. The van der Waals surface area contributed by atoms with E-state index in [-0.39, 0.29) is 17.5 Å². The van der Waals surface area contributed by atoms with Crippen molar-refractivity contribution in [3.63, 3.8) is 0 Å². The van der Waals surface area contributed by atoms with Gasteiger partial charge in [0.15, 0.2) is 0 Å². The fourth-order valence-corrected chi connectivity index (χ4v) is 5.49. The lowest BCUT2D eigenvalue weighted by atomic mass is 9.90. The lowest BCUT2D eigenvalue weighted by Gasteiger charge is -2.37. The highest BCUT2D eigenvalue weighted by molar-refractivity contribution is 5.92. The van der Waals surface area contributed by atoms with Gasteiger partial charge in [0.25, 0.3) is 0 Å². The van der Waals surface area contributed by atoms with Crippen molar-refractivity contribution in [1.82, 2.24) is 4.90 Å². The van der Waals surface area contributed by atoms with Gasteiger partial charge in [-0.2, -0.15) is 0 Å². The Labute approximate surface area is 209 Å². The van der Waals surface area contributed by atoms with Crippen molar-refractivity contribution in [2.45, 2.75) is 38.8 Å². The monoisotopic (exact) mass is 488 g/mol. The van der Waals surface area contributed by atoms with Crippen LogP contribution in [-0.2, 0) is 11.3 Å². The number of hydrogen-bond acceptors (Lipinski definition) is 4. The first-order valence-electron chi connectivity index (χ1n) is 12.2. The number of hydrogen-bond donors (Lipinski definition) is 1. The van der Waals surface area contributed by atoms with E-state index in [0.29, 0.717) is 12.2 Å². The lowest BCUT2D eigenvalue weighted by Crippen LogP contribution is -2.46. The first kappa shape index (κ1) is 24.0. The van der Waals surface area contributed by atoms with Crippen LogP contribution in [0.4, 0.5) is 14.9 Å². The van der Waals surface area contributed by atoms with E-state index in [1.165, 1.54) is 23.8 Å². The molecule has 0 radical (unpaired) electrons. The van der Waals surface area contributed by atoms with Crippen LogP contribution in [0.2, 0.25) is 0 Å². The molecule has 3 aromatic rings. The minimum atomic E-state index is -0.997. The van der Waals surface area contributed by atoms with Crippen molar-refractivity contribution in [3.05, 3.63) is 88.7 Å². The van der Waals surface area contributed by atoms with E-state index in [1.54, 1.807) is 29.2 Å². The summed E-state index contributed by atoms with van der Waals surface area (Å²) in [4.78, 5) is 27.7. The number of piperidine rings is 1. The van der Waals surface area contributed by atoms with Crippen molar-refractivity contribution in [1.29, 1.82) is 0 Å². The van der Waals surface area contributed by atoms with Gasteiger partial charge in [-0.3, -0.25) is 9.80 Å². The molecule has 6 nitrogen and oxygen atoms in total. The molecule has 0 unspecified atom stereocenters. The normalized spacial score (nSPS) is 17.4. The van der Waals surface area contributed by atoms with Crippen molar-refractivity contribution in [2.24, 2.45) is 0 Å². The summed E-state index contributed by atoms with van der Waals surface area (Å²) in [6, 6.07) is 17.4. The zero-order chi connectivity index (χ0) is 25.4. The number of rotatable bonds is 5. The van der Waals surface area contributed by atoms with Gasteiger partial charge >= 0.3 is 12.1 Å². The van der Waals surface area contributed by atoms with Gasteiger partial charge in [0, 0.05) is 38.2 Å². The van der Waals surface area contributed by atoms with Crippen LogP contribution in [0.5, 0.6) is 0 Å². The van der Waals surface area contributed by atoms with E-state index >= 15 is 0 Å². The third-order valence-corrected chi connectivity index (χ3v) is 7.28. The minimum Gasteiger partial charge on any atom is -0.478 e. The molecule has 3 aromatic carbocycles. The SMILES string of the molecule is Cc1cc(CN2CCC3(CC2)CN(c2ccc(C(=O)O)cc2)C(=O)O3)cc(C)c1-c1cccc(F)c1. The first-order chi connectivity index (χ1) is 17.2. The van der Waals surface area contributed by atoms with E-state index in [4.69, 9.17) is 9.84 Å². The summed E-state index contributed by atoms with van der Waals surface area (Å²) >= 11 is 0. The van der Waals surface area contributed by atoms with E-state index in [9.17, 15) is 14.0 Å². The topological polar surface area (TPSA) is 70.1 Å². The van der Waals surface area contributed by atoms with Gasteiger partial charge in [0.2, 0.25) is 0 Å². The third kappa shape index (κ3) is 4.71. The number of carbonyl (C=O) groups excluding carboxylic acids is 1. The summed E-state index contributed by atoms with van der Waals surface area (Å²) < 4.78 is 19.6. The van der Waals surface area contributed by atoms with Gasteiger partial charge in [-0.25, -0.2) is 14.0 Å². The third-order valence-electron chi connectivity index (χ3n) is 7.28. The molecule has 7 heteroatoms. The largest absolute Gasteiger partial charge is 0.478 e. The van der Waals surface area contributed by atoms with Gasteiger partial charge in [-0.15, -0.1) is 0 Å². The number of carboxylic acids is 1. The van der Waals surface area contributed by atoms with Crippen LogP contribution in [0.25, 0.3) is 11.1 Å². The Hall–Kier alpha value is -3.71. The predicted molar refractivity (Wildman–Crippen MR) is 136 cm³/mol. The number of aryl methyl sites for hydroxylation is 2. The molecule has 1 amide bonds. The molecule has 1 spiro atoms. The molecule has 0 aromatic heterocycles. The molecule has 2 aliphatic heterocycles. The van der Waals surface area contributed by atoms with Crippen molar-refractivity contribution < 1.29 is 23.8 Å².